The topological polar surface area (TPSA) is 112 Å². The lowest BCUT2D eigenvalue weighted by Crippen LogP contribution is -2.42. The highest BCUT2D eigenvalue weighted by molar-refractivity contribution is 6.32. The Morgan fingerprint density at radius 1 is 1.11 bits per heavy atom. The predicted molar refractivity (Wildman–Crippen MR) is 150 cm³/mol. The maximum absolute atomic E-state index is 12.9. The molecule has 2 amide bonds. The summed E-state index contributed by atoms with van der Waals surface area (Å²) in [5.74, 6) is 0.155. The van der Waals surface area contributed by atoms with E-state index >= 15 is 0 Å². The van der Waals surface area contributed by atoms with Crippen LogP contribution in [0.5, 0.6) is 0 Å². The van der Waals surface area contributed by atoms with E-state index in [0.717, 1.165) is 31.2 Å². The number of carbonyl (C=O) groups excluding carboxylic acids is 2. The van der Waals surface area contributed by atoms with Gasteiger partial charge in [0.15, 0.2) is 0 Å². The number of carbonyl (C=O) groups is 2. The van der Waals surface area contributed by atoms with Crippen LogP contribution in [0.3, 0.4) is 0 Å². The number of hydrogen-bond acceptors (Lipinski definition) is 7. The molecular formula is C28H32ClN7O2. The van der Waals surface area contributed by atoms with Crippen LogP contribution in [-0.4, -0.2) is 64.4 Å². The van der Waals surface area contributed by atoms with Crippen molar-refractivity contribution in [2.24, 2.45) is 0 Å². The lowest BCUT2D eigenvalue weighted by atomic mass is 9.91. The lowest BCUT2D eigenvalue weighted by molar-refractivity contribution is -0.111. The van der Waals surface area contributed by atoms with Crippen LogP contribution in [0.15, 0.2) is 67.1 Å². The highest BCUT2D eigenvalue weighted by Crippen LogP contribution is 2.27. The molecule has 9 nitrogen and oxygen atoms in total. The zero-order chi connectivity index (χ0) is 26.9. The third kappa shape index (κ3) is 7.84. The van der Waals surface area contributed by atoms with Crippen molar-refractivity contribution in [3.05, 3.63) is 77.7 Å². The van der Waals surface area contributed by atoms with Gasteiger partial charge in [0.1, 0.15) is 0 Å². The Hall–Kier alpha value is -3.82. The molecule has 2 atom stereocenters. The summed E-state index contributed by atoms with van der Waals surface area (Å²) in [6, 6.07) is 10.8. The summed E-state index contributed by atoms with van der Waals surface area (Å²) in [5, 5.41) is 9.81. The molecule has 1 fully saturated rings. The number of rotatable bonds is 9. The Kier molecular flexibility index (Phi) is 9.40. The zero-order valence-electron chi connectivity index (χ0n) is 21.5. The molecule has 0 radical (unpaired) electrons. The van der Waals surface area contributed by atoms with Gasteiger partial charge in [0.05, 0.1) is 16.9 Å². The second kappa shape index (κ2) is 13.1. The molecule has 10 heteroatoms. The predicted octanol–water partition coefficient (Wildman–Crippen LogP) is 4.40. The maximum Gasteiger partial charge on any atom is 0.251 e. The molecule has 0 saturated heterocycles. The molecule has 1 aliphatic carbocycles. The van der Waals surface area contributed by atoms with Gasteiger partial charge in [-0.15, -0.1) is 0 Å². The van der Waals surface area contributed by atoms with Crippen molar-refractivity contribution in [1.29, 1.82) is 0 Å². The number of halogens is 1. The van der Waals surface area contributed by atoms with E-state index in [0.29, 0.717) is 34.5 Å². The van der Waals surface area contributed by atoms with Crippen molar-refractivity contribution in [1.82, 2.24) is 25.2 Å². The summed E-state index contributed by atoms with van der Waals surface area (Å²) in [5.41, 5.74) is 2.63. The zero-order valence-corrected chi connectivity index (χ0v) is 22.3. The molecule has 0 unspecified atom stereocenters. The Morgan fingerprint density at radius 3 is 2.63 bits per heavy atom. The van der Waals surface area contributed by atoms with Crippen LogP contribution in [-0.2, 0) is 4.79 Å². The van der Waals surface area contributed by atoms with Gasteiger partial charge in [0, 0.05) is 53.9 Å². The van der Waals surface area contributed by atoms with Gasteiger partial charge in [-0.1, -0.05) is 17.7 Å². The Bertz CT molecular complexity index is 1270. The number of nitrogens with zero attached hydrogens (tertiary/aromatic N) is 4. The van der Waals surface area contributed by atoms with Crippen molar-refractivity contribution >= 4 is 35.1 Å². The minimum Gasteiger partial charge on any atom is -0.351 e. The molecular weight excluding hydrogens is 502 g/mol. The number of hydrogen-bond donors (Lipinski definition) is 3. The van der Waals surface area contributed by atoms with Crippen molar-refractivity contribution in [3.8, 4) is 11.3 Å². The highest BCUT2D eigenvalue weighted by Gasteiger charge is 2.24. The molecule has 3 N–H and O–H groups in total. The largest absolute Gasteiger partial charge is 0.351 e. The first-order valence-corrected chi connectivity index (χ1v) is 13.0. The summed E-state index contributed by atoms with van der Waals surface area (Å²) in [7, 11) is 3.87. The fraction of sp³-hybridized carbons (Fsp3) is 0.321. The number of amides is 2. The van der Waals surface area contributed by atoms with Crippen molar-refractivity contribution in [3.63, 3.8) is 0 Å². The van der Waals surface area contributed by atoms with Gasteiger partial charge >= 0.3 is 0 Å². The van der Waals surface area contributed by atoms with Gasteiger partial charge in [-0.2, -0.15) is 0 Å². The molecule has 198 valence electrons. The Morgan fingerprint density at radius 2 is 1.89 bits per heavy atom. The number of benzene rings is 1. The van der Waals surface area contributed by atoms with E-state index in [9.17, 15) is 9.59 Å². The third-order valence-corrected chi connectivity index (χ3v) is 6.45. The van der Waals surface area contributed by atoms with E-state index in [1.807, 2.05) is 31.1 Å². The summed E-state index contributed by atoms with van der Waals surface area (Å²) < 4.78 is 0. The average Bonchev–Trinajstić information content (AvgIpc) is 2.90. The van der Waals surface area contributed by atoms with Crippen LogP contribution < -0.4 is 16.0 Å². The van der Waals surface area contributed by atoms with Gasteiger partial charge in [-0.3, -0.25) is 14.6 Å². The quantitative estimate of drug-likeness (QED) is 0.349. The minimum absolute atomic E-state index is 0.0278. The van der Waals surface area contributed by atoms with Crippen LogP contribution >= 0.6 is 11.6 Å². The summed E-state index contributed by atoms with van der Waals surface area (Å²) in [6.07, 6.45) is 11.9. The van der Waals surface area contributed by atoms with Gasteiger partial charge < -0.3 is 20.9 Å². The molecule has 3 aromatic rings. The van der Waals surface area contributed by atoms with Crippen LogP contribution in [0.4, 0.5) is 11.6 Å². The normalized spacial score (nSPS) is 17.4. The van der Waals surface area contributed by atoms with Gasteiger partial charge in [-0.25, -0.2) is 9.97 Å². The molecule has 38 heavy (non-hydrogen) atoms. The molecule has 1 aliphatic rings. The fourth-order valence-corrected chi connectivity index (χ4v) is 4.50. The smallest absolute Gasteiger partial charge is 0.251 e. The highest BCUT2D eigenvalue weighted by atomic mass is 35.5. The standard InChI is InChI=1S/C28H32ClN7O2/c1-36(2)15-5-9-25(37)32-21-12-10-19(11-13-21)27(38)33-22-7-3-8-23(16-22)34-28-31-18-24(29)26(35-28)20-6-4-14-30-17-20/h4-6,9-14,17-18,22-23H,3,7-8,15-16H2,1-2H3,(H,32,37)(H,33,38)(H,31,34,35)/b9-5+/t22-,23+/m0/s1. The maximum atomic E-state index is 12.9. The minimum atomic E-state index is -0.206. The van der Waals surface area contributed by atoms with Crippen LogP contribution in [0.2, 0.25) is 5.02 Å². The van der Waals surface area contributed by atoms with Gasteiger partial charge in [0.25, 0.3) is 5.91 Å². The summed E-state index contributed by atoms with van der Waals surface area (Å²) in [6.45, 7) is 0.684. The fourth-order valence-electron chi connectivity index (χ4n) is 4.30. The van der Waals surface area contributed by atoms with Crippen molar-refractivity contribution < 1.29 is 9.59 Å². The second-order valence-electron chi connectivity index (χ2n) is 9.54. The molecule has 2 heterocycles. The first-order valence-electron chi connectivity index (χ1n) is 12.6. The van der Waals surface area contributed by atoms with E-state index in [4.69, 9.17) is 11.6 Å². The Balaban J connectivity index is 1.30. The van der Waals surface area contributed by atoms with Crippen LogP contribution in [0.25, 0.3) is 11.3 Å². The Labute approximate surface area is 227 Å². The van der Waals surface area contributed by atoms with E-state index < -0.39 is 0 Å². The van der Waals surface area contributed by atoms with Crippen LogP contribution in [0.1, 0.15) is 36.0 Å². The van der Waals surface area contributed by atoms with Crippen molar-refractivity contribution in [2.75, 3.05) is 31.3 Å². The molecule has 0 aliphatic heterocycles. The first kappa shape index (κ1) is 27.2. The summed E-state index contributed by atoms with van der Waals surface area (Å²) in [4.78, 5) is 40.0. The monoisotopic (exact) mass is 533 g/mol. The molecule has 1 aromatic carbocycles. The number of anilines is 2. The van der Waals surface area contributed by atoms with Gasteiger partial charge in [-0.05, 0) is 76.2 Å². The van der Waals surface area contributed by atoms with E-state index in [2.05, 4.69) is 30.9 Å². The lowest BCUT2D eigenvalue weighted by Gasteiger charge is -2.30. The molecule has 1 saturated carbocycles. The number of aromatic nitrogens is 3. The third-order valence-electron chi connectivity index (χ3n) is 6.18. The van der Waals surface area contributed by atoms with Crippen molar-refractivity contribution in [2.45, 2.75) is 37.8 Å². The van der Waals surface area contributed by atoms with Crippen LogP contribution in [0, 0.1) is 0 Å². The number of likely N-dealkylation sites (N-methyl/N-ethyl adjacent to an activating group) is 1. The van der Waals surface area contributed by atoms with Gasteiger partial charge in [0.2, 0.25) is 11.9 Å². The van der Waals surface area contributed by atoms with E-state index in [1.54, 1.807) is 48.9 Å². The summed E-state index contributed by atoms with van der Waals surface area (Å²) >= 11 is 6.32. The molecule has 0 bridgehead atoms. The van der Waals surface area contributed by atoms with E-state index in [-0.39, 0.29) is 23.9 Å². The average molecular weight is 534 g/mol. The molecule has 0 spiro atoms. The molecule has 4 rings (SSSR count). The second-order valence-corrected chi connectivity index (χ2v) is 9.95. The number of nitrogens with one attached hydrogen (secondary N) is 3. The SMILES string of the molecule is CN(C)C/C=C/C(=O)Nc1ccc(C(=O)N[C@H]2CCC[C@@H](Nc3ncc(Cl)c(-c4cccnc4)n3)C2)cc1. The molecule has 2 aromatic heterocycles. The first-order chi connectivity index (χ1) is 18.4. The van der Waals surface area contributed by atoms with E-state index in [1.165, 1.54) is 6.08 Å². The number of pyridine rings is 1.